The predicted molar refractivity (Wildman–Crippen MR) is 162 cm³/mol. The summed E-state index contributed by atoms with van der Waals surface area (Å²) in [6.45, 7) is 1.45. The van der Waals surface area contributed by atoms with Crippen molar-refractivity contribution >= 4 is 39.1 Å². The molecule has 1 atom stereocenters. The molecule has 42 heavy (non-hydrogen) atoms. The van der Waals surface area contributed by atoms with Crippen molar-refractivity contribution in [2.24, 2.45) is 0 Å². The molecule has 1 N–H and O–H groups in total. The fourth-order valence-electron chi connectivity index (χ4n) is 4.51. The van der Waals surface area contributed by atoms with E-state index in [1.54, 1.807) is 43.3 Å². The molecule has 0 unspecified atom stereocenters. The van der Waals surface area contributed by atoms with Crippen LogP contribution in [0.15, 0.2) is 114 Å². The summed E-state index contributed by atoms with van der Waals surface area (Å²) < 4.78 is 42.5. The van der Waals surface area contributed by atoms with Crippen LogP contribution in [0.4, 0.5) is 10.1 Å². The Bertz CT molecular complexity index is 1600. The lowest BCUT2D eigenvalue weighted by molar-refractivity contribution is -0.140. The molecule has 0 radical (unpaired) electrons. The van der Waals surface area contributed by atoms with Crippen LogP contribution in [0, 0.1) is 5.82 Å². The Morgan fingerprint density at radius 3 is 2.12 bits per heavy atom. The van der Waals surface area contributed by atoms with Crippen molar-refractivity contribution in [2.75, 3.05) is 17.4 Å². The van der Waals surface area contributed by atoms with E-state index < -0.39 is 40.2 Å². The Morgan fingerprint density at radius 2 is 1.50 bits per heavy atom. The fourth-order valence-corrected chi connectivity index (χ4v) is 6.12. The molecule has 0 aromatic heterocycles. The molecule has 0 spiro atoms. The Morgan fingerprint density at radius 1 is 0.857 bits per heavy atom. The van der Waals surface area contributed by atoms with E-state index in [0.717, 1.165) is 9.87 Å². The van der Waals surface area contributed by atoms with Crippen molar-refractivity contribution in [1.82, 2.24) is 10.2 Å². The second kappa shape index (κ2) is 14.1. The molecule has 0 saturated carbocycles. The molecule has 218 valence electrons. The van der Waals surface area contributed by atoms with Gasteiger partial charge in [0.1, 0.15) is 18.4 Å². The number of nitrogens with one attached hydrogen (secondary N) is 1. The lowest BCUT2D eigenvalue weighted by Gasteiger charge is -2.33. The van der Waals surface area contributed by atoms with Gasteiger partial charge < -0.3 is 10.2 Å². The van der Waals surface area contributed by atoms with Gasteiger partial charge in [0.2, 0.25) is 11.8 Å². The molecule has 2 amide bonds. The van der Waals surface area contributed by atoms with Gasteiger partial charge in [0.05, 0.1) is 10.6 Å². The Labute approximate surface area is 250 Å². The second-order valence-corrected chi connectivity index (χ2v) is 11.9. The molecule has 4 aromatic carbocycles. The van der Waals surface area contributed by atoms with E-state index in [4.69, 9.17) is 11.6 Å². The first-order valence-electron chi connectivity index (χ1n) is 13.4. The third kappa shape index (κ3) is 7.74. The summed E-state index contributed by atoms with van der Waals surface area (Å²) in [5, 5.41) is 3.09. The van der Waals surface area contributed by atoms with Crippen LogP contribution >= 0.6 is 11.6 Å². The number of rotatable bonds is 12. The van der Waals surface area contributed by atoms with Crippen molar-refractivity contribution in [3.63, 3.8) is 0 Å². The molecule has 0 aliphatic rings. The number of amides is 2. The first-order chi connectivity index (χ1) is 20.2. The highest BCUT2D eigenvalue weighted by Gasteiger charge is 2.34. The maximum absolute atomic E-state index is 14.2. The van der Waals surface area contributed by atoms with Crippen LogP contribution in [0.1, 0.15) is 18.1 Å². The van der Waals surface area contributed by atoms with Crippen LogP contribution in [0.25, 0.3) is 0 Å². The molecule has 0 bridgehead atoms. The van der Waals surface area contributed by atoms with E-state index in [9.17, 15) is 22.4 Å². The molecule has 0 aliphatic carbocycles. The van der Waals surface area contributed by atoms with Crippen molar-refractivity contribution < 1.29 is 22.4 Å². The Hall–Kier alpha value is -4.21. The van der Waals surface area contributed by atoms with Crippen LogP contribution in [0.5, 0.6) is 0 Å². The second-order valence-electron chi connectivity index (χ2n) is 9.55. The van der Waals surface area contributed by atoms with Gasteiger partial charge in [-0.3, -0.25) is 13.9 Å². The number of likely N-dealkylation sites (N-methyl/N-ethyl adjacent to an activating group) is 1. The van der Waals surface area contributed by atoms with Gasteiger partial charge in [-0.25, -0.2) is 12.8 Å². The van der Waals surface area contributed by atoms with Gasteiger partial charge in [0.15, 0.2) is 0 Å². The number of halogens is 2. The average Bonchev–Trinajstić information content (AvgIpc) is 2.99. The lowest BCUT2D eigenvalue weighted by Crippen LogP contribution is -2.53. The third-order valence-corrected chi connectivity index (χ3v) is 8.62. The number of carbonyl (C=O) groups is 2. The molecular weight excluding hydrogens is 577 g/mol. The largest absolute Gasteiger partial charge is 0.355 e. The van der Waals surface area contributed by atoms with E-state index in [-0.39, 0.29) is 23.5 Å². The molecule has 4 rings (SSSR count). The number of nitrogens with zero attached hydrogens (tertiary/aromatic N) is 2. The zero-order valence-electron chi connectivity index (χ0n) is 23.0. The zero-order valence-corrected chi connectivity index (χ0v) is 24.6. The summed E-state index contributed by atoms with van der Waals surface area (Å²) in [6, 6.07) is 27.8. The van der Waals surface area contributed by atoms with Gasteiger partial charge in [0, 0.05) is 24.5 Å². The third-order valence-electron chi connectivity index (χ3n) is 6.59. The standard InChI is InChI=1S/C32H31ClFN3O4S/c1-2-35-32(39)30(20-24-10-5-3-6-11-24)36(22-25-16-18-27(34)19-17-25)31(38)23-37(28-13-9-12-26(33)21-28)42(40,41)29-14-7-4-8-15-29/h3-19,21,30H,2,20,22-23H2,1H3,(H,35,39)/t30-/m1/s1. The maximum Gasteiger partial charge on any atom is 0.264 e. The Kier molecular flexibility index (Phi) is 10.3. The van der Waals surface area contributed by atoms with Gasteiger partial charge in [-0.1, -0.05) is 78.3 Å². The van der Waals surface area contributed by atoms with Crippen LogP contribution in [0.2, 0.25) is 5.02 Å². The van der Waals surface area contributed by atoms with E-state index in [2.05, 4.69) is 5.32 Å². The summed E-state index contributed by atoms with van der Waals surface area (Å²) in [4.78, 5) is 29.0. The lowest BCUT2D eigenvalue weighted by atomic mass is 10.0. The Balaban J connectivity index is 1.78. The van der Waals surface area contributed by atoms with Gasteiger partial charge in [0.25, 0.3) is 10.0 Å². The van der Waals surface area contributed by atoms with Crippen LogP contribution in [0.3, 0.4) is 0 Å². The van der Waals surface area contributed by atoms with Crippen LogP contribution in [-0.4, -0.2) is 44.3 Å². The van der Waals surface area contributed by atoms with Gasteiger partial charge in [-0.05, 0) is 60.5 Å². The monoisotopic (exact) mass is 607 g/mol. The minimum Gasteiger partial charge on any atom is -0.355 e. The van der Waals surface area contributed by atoms with Crippen LogP contribution in [-0.2, 0) is 32.6 Å². The van der Waals surface area contributed by atoms with Crippen molar-refractivity contribution in [2.45, 2.75) is 30.8 Å². The molecule has 10 heteroatoms. The van der Waals surface area contributed by atoms with Crippen molar-refractivity contribution in [1.29, 1.82) is 0 Å². The number of hydrogen-bond acceptors (Lipinski definition) is 4. The highest BCUT2D eigenvalue weighted by Crippen LogP contribution is 2.27. The summed E-state index contributed by atoms with van der Waals surface area (Å²) in [7, 11) is -4.22. The van der Waals surface area contributed by atoms with Crippen molar-refractivity contribution in [3.8, 4) is 0 Å². The number of carbonyl (C=O) groups excluding carboxylic acids is 2. The summed E-state index contributed by atoms with van der Waals surface area (Å²) in [5.74, 6) is -1.45. The van der Waals surface area contributed by atoms with Gasteiger partial charge >= 0.3 is 0 Å². The molecule has 0 fully saturated rings. The predicted octanol–water partition coefficient (Wildman–Crippen LogP) is 5.45. The minimum absolute atomic E-state index is 0.00702. The fraction of sp³-hybridized carbons (Fsp3) is 0.188. The summed E-state index contributed by atoms with van der Waals surface area (Å²) in [6.07, 6.45) is 0.183. The number of anilines is 1. The van der Waals surface area contributed by atoms with E-state index in [1.807, 2.05) is 30.3 Å². The molecule has 0 aliphatic heterocycles. The molecule has 0 saturated heterocycles. The first-order valence-corrected chi connectivity index (χ1v) is 15.2. The SMILES string of the molecule is CCNC(=O)[C@@H](Cc1ccccc1)N(Cc1ccc(F)cc1)C(=O)CN(c1cccc(Cl)c1)S(=O)(=O)c1ccccc1. The number of hydrogen-bond donors (Lipinski definition) is 1. The molecule has 0 heterocycles. The zero-order chi connectivity index (χ0) is 30.1. The van der Waals surface area contributed by atoms with E-state index in [1.165, 1.54) is 47.4 Å². The maximum atomic E-state index is 14.2. The minimum atomic E-state index is -4.22. The molecule has 7 nitrogen and oxygen atoms in total. The molecule has 4 aromatic rings. The normalized spacial score (nSPS) is 11.9. The van der Waals surface area contributed by atoms with Gasteiger partial charge in [-0.15, -0.1) is 0 Å². The summed E-state index contributed by atoms with van der Waals surface area (Å²) in [5.41, 5.74) is 1.58. The van der Waals surface area contributed by atoms with E-state index in [0.29, 0.717) is 17.1 Å². The number of sulfonamides is 1. The molecular formula is C32H31ClFN3O4S. The topological polar surface area (TPSA) is 86.8 Å². The quantitative estimate of drug-likeness (QED) is 0.232. The highest BCUT2D eigenvalue weighted by molar-refractivity contribution is 7.92. The smallest absolute Gasteiger partial charge is 0.264 e. The van der Waals surface area contributed by atoms with Gasteiger partial charge in [-0.2, -0.15) is 0 Å². The average molecular weight is 608 g/mol. The van der Waals surface area contributed by atoms with E-state index >= 15 is 0 Å². The summed E-state index contributed by atoms with van der Waals surface area (Å²) >= 11 is 6.22. The van der Waals surface area contributed by atoms with Crippen LogP contribution < -0.4 is 9.62 Å². The highest BCUT2D eigenvalue weighted by atomic mass is 35.5. The first kappa shape index (κ1) is 30.7. The van der Waals surface area contributed by atoms with Crippen molar-refractivity contribution in [3.05, 3.63) is 131 Å². The number of benzene rings is 4.